The lowest BCUT2D eigenvalue weighted by molar-refractivity contribution is 0.0581. The number of nitrogens with zero attached hydrogens (tertiary/aromatic N) is 6. The molecule has 0 bridgehead atoms. The molecule has 1 saturated carbocycles. The molecule has 4 aliphatic rings. The van der Waals surface area contributed by atoms with Gasteiger partial charge >= 0.3 is 0 Å². The van der Waals surface area contributed by atoms with Gasteiger partial charge in [-0.3, -0.25) is 9.47 Å². The molecule has 9 heteroatoms. The molecule has 1 spiro atoms. The molecule has 2 saturated heterocycles. The van der Waals surface area contributed by atoms with Gasteiger partial charge in [0.15, 0.2) is 5.82 Å². The first-order chi connectivity index (χ1) is 17.0. The van der Waals surface area contributed by atoms with E-state index in [1.165, 1.54) is 11.8 Å². The van der Waals surface area contributed by atoms with Gasteiger partial charge in [-0.25, -0.2) is 9.37 Å². The van der Waals surface area contributed by atoms with Crippen molar-refractivity contribution < 1.29 is 9.13 Å². The van der Waals surface area contributed by atoms with Gasteiger partial charge in [0.25, 0.3) is 0 Å². The number of fused-ring (bicyclic) bond motifs is 3. The normalized spacial score (nSPS) is 23.5. The maximum atomic E-state index is 13.6. The topological polar surface area (TPSA) is 59.3 Å². The monoisotopic (exact) mass is 494 g/mol. The van der Waals surface area contributed by atoms with Crippen LogP contribution in [0.1, 0.15) is 48.0 Å². The van der Waals surface area contributed by atoms with Crippen LogP contribution in [0.5, 0.6) is 0 Å². The number of rotatable bonds is 3. The van der Waals surface area contributed by atoms with Crippen molar-refractivity contribution in [3.05, 3.63) is 64.1 Å². The summed E-state index contributed by atoms with van der Waals surface area (Å²) in [5.74, 6) is 3.06. The molecule has 7 nitrogen and oxygen atoms in total. The molecule has 0 amide bonds. The number of hydrogen-bond acceptors (Lipinski definition) is 6. The van der Waals surface area contributed by atoms with E-state index < -0.39 is 0 Å². The second kappa shape index (κ2) is 7.98. The molecular formula is C26H28ClFN6O. The van der Waals surface area contributed by atoms with Crippen LogP contribution in [0.4, 0.5) is 10.2 Å². The highest BCUT2D eigenvalue weighted by molar-refractivity contribution is 6.30. The van der Waals surface area contributed by atoms with Gasteiger partial charge in [-0.15, -0.1) is 10.2 Å². The van der Waals surface area contributed by atoms with Crippen LogP contribution in [0.2, 0.25) is 5.02 Å². The molecule has 1 atom stereocenters. The van der Waals surface area contributed by atoms with Crippen LogP contribution in [0, 0.1) is 18.2 Å². The molecule has 7 rings (SSSR count). The Labute approximate surface area is 208 Å². The number of anilines is 1. The Morgan fingerprint density at radius 1 is 1.14 bits per heavy atom. The van der Waals surface area contributed by atoms with Crippen LogP contribution in [-0.2, 0) is 17.8 Å². The molecule has 3 fully saturated rings. The molecule has 0 radical (unpaired) electrons. The van der Waals surface area contributed by atoms with E-state index in [1.54, 1.807) is 6.92 Å². The predicted molar refractivity (Wildman–Crippen MR) is 130 cm³/mol. The van der Waals surface area contributed by atoms with Crippen molar-refractivity contribution in [1.29, 1.82) is 0 Å². The SMILES string of the molecule is Cc1cc(N2CC3(CC(c4nnc5n4-c4ccc(Cl)cc4CN([C@@H]4CCOC4)C5)C3)C2)ncc1F. The lowest BCUT2D eigenvalue weighted by Gasteiger charge is -2.59. The molecule has 3 aromatic rings. The van der Waals surface area contributed by atoms with Crippen molar-refractivity contribution in [3.8, 4) is 5.69 Å². The van der Waals surface area contributed by atoms with Crippen molar-refractivity contribution >= 4 is 17.4 Å². The Balaban J connectivity index is 1.13. The van der Waals surface area contributed by atoms with Crippen molar-refractivity contribution in [1.82, 2.24) is 24.6 Å². The van der Waals surface area contributed by atoms with Gasteiger partial charge in [-0.05, 0) is 61.6 Å². The van der Waals surface area contributed by atoms with Crippen LogP contribution in [0.25, 0.3) is 5.69 Å². The molecule has 2 aromatic heterocycles. The van der Waals surface area contributed by atoms with Crippen molar-refractivity contribution in [2.45, 2.75) is 51.2 Å². The average molecular weight is 495 g/mol. The van der Waals surface area contributed by atoms with Gasteiger partial charge in [0.2, 0.25) is 0 Å². The molecule has 0 unspecified atom stereocenters. The first kappa shape index (κ1) is 21.7. The summed E-state index contributed by atoms with van der Waals surface area (Å²) in [5.41, 5.74) is 3.30. The van der Waals surface area contributed by atoms with Crippen LogP contribution < -0.4 is 4.90 Å². The number of aromatic nitrogens is 4. The average Bonchev–Trinajstić information content (AvgIpc) is 3.42. The minimum atomic E-state index is -0.249. The summed E-state index contributed by atoms with van der Waals surface area (Å²) in [6.07, 6.45) is 4.55. The molecule has 3 aliphatic heterocycles. The minimum absolute atomic E-state index is 0.249. The van der Waals surface area contributed by atoms with E-state index in [2.05, 4.69) is 36.6 Å². The zero-order chi connectivity index (χ0) is 23.7. The third-order valence-electron chi connectivity index (χ3n) is 8.31. The maximum Gasteiger partial charge on any atom is 0.151 e. The summed E-state index contributed by atoms with van der Waals surface area (Å²) in [6, 6.07) is 8.41. The maximum absolute atomic E-state index is 13.6. The first-order valence-electron chi connectivity index (χ1n) is 12.4. The summed E-state index contributed by atoms with van der Waals surface area (Å²) < 4.78 is 21.6. The Hall–Kier alpha value is -2.55. The quantitative estimate of drug-likeness (QED) is 0.542. The fourth-order valence-electron chi connectivity index (χ4n) is 6.43. The van der Waals surface area contributed by atoms with Crippen LogP contribution in [-0.4, -0.2) is 57.0 Å². The fraction of sp³-hybridized carbons (Fsp3) is 0.500. The van der Waals surface area contributed by atoms with Gasteiger partial charge in [0.05, 0.1) is 25.0 Å². The Bertz CT molecular complexity index is 1290. The minimum Gasteiger partial charge on any atom is -0.380 e. The molecule has 1 aliphatic carbocycles. The van der Waals surface area contributed by atoms with Crippen LogP contribution in [0.3, 0.4) is 0 Å². The number of pyridine rings is 1. The Morgan fingerprint density at radius 2 is 2.00 bits per heavy atom. The first-order valence-corrected chi connectivity index (χ1v) is 12.8. The molecule has 1 aromatic carbocycles. The van der Waals surface area contributed by atoms with Crippen molar-refractivity contribution in [2.75, 3.05) is 31.2 Å². The van der Waals surface area contributed by atoms with E-state index in [9.17, 15) is 4.39 Å². The zero-order valence-corrected chi connectivity index (χ0v) is 20.5. The molecule has 35 heavy (non-hydrogen) atoms. The highest BCUT2D eigenvalue weighted by Crippen LogP contribution is 2.56. The van der Waals surface area contributed by atoms with Crippen LogP contribution >= 0.6 is 11.6 Å². The molecule has 5 heterocycles. The molecular weight excluding hydrogens is 467 g/mol. The molecule has 0 N–H and O–H groups in total. The van der Waals surface area contributed by atoms with Crippen molar-refractivity contribution in [2.24, 2.45) is 5.41 Å². The predicted octanol–water partition coefficient (Wildman–Crippen LogP) is 4.25. The summed E-state index contributed by atoms with van der Waals surface area (Å²) in [6.45, 7) is 6.89. The second-order valence-electron chi connectivity index (χ2n) is 10.8. The second-order valence-corrected chi connectivity index (χ2v) is 11.2. The smallest absolute Gasteiger partial charge is 0.151 e. The lowest BCUT2D eigenvalue weighted by Crippen LogP contribution is -2.62. The summed E-state index contributed by atoms with van der Waals surface area (Å²) >= 11 is 6.41. The van der Waals surface area contributed by atoms with E-state index in [0.717, 1.165) is 86.8 Å². The number of ether oxygens (including phenoxy) is 1. The Kier molecular flexibility index (Phi) is 4.95. The highest BCUT2D eigenvalue weighted by Gasteiger charge is 2.54. The van der Waals surface area contributed by atoms with E-state index in [1.807, 2.05) is 12.1 Å². The summed E-state index contributed by atoms with van der Waals surface area (Å²) in [5, 5.41) is 10.2. The zero-order valence-electron chi connectivity index (χ0n) is 19.8. The largest absolute Gasteiger partial charge is 0.380 e. The number of hydrogen-bond donors (Lipinski definition) is 0. The standard InChI is InChI=1S/C26H28ClFN6O/c1-16-6-23(29-10-21(16)28)33-14-26(15-33)8-18(9-26)25-31-30-24-12-32(20-4-5-35-13-20)11-17-7-19(27)2-3-22(17)34(24)25/h2-3,6-7,10,18,20H,4-5,8-9,11-15H2,1H3/t20-/m1/s1. The van der Waals surface area contributed by atoms with Crippen LogP contribution in [0.15, 0.2) is 30.5 Å². The van der Waals surface area contributed by atoms with E-state index in [-0.39, 0.29) is 5.82 Å². The highest BCUT2D eigenvalue weighted by atomic mass is 35.5. The fourth-order valence-corrected chi connectivity index (χ4v) is 6.63. The van der Waals surface area contributed by atoms with E-state index >= 15 is 0 Å². The van der Waals surface area contributed by atoms with Gasteiger partial charge in [0, 0.05) is 48.6 Å². The third kappa shape index (κ3) is 3.57. The third-order valence-corrected chi connectivity index (χ3v) is 8.55. The lowest BCUT2D eigenvalue weighted by atomic mass is 9.57. The van der Waals surface area contributed by atoms with Gasteiger partial charge < -0.3 is 9.64 Å². The number of halogens is 2. The molecule has 182 valence electrons. The number of aryl methyl sites for hydroxylation is 1. The van der Waals surface area contributed by atoms with Crippen molar-refractivity contribution in [3.63, 3.8) is 0 Å². The van der Waals surface area contributed by atoms with E-state index in [4.69, 9.17) is 21.4 Å². The summed E-state index contributed by atoms with van der Waals surface area (Å²) in [4.78, 5) is 9.01. The van der Waals surface area contributed by atoms with Gasteiger partial charge in [-0.2, -0.15) is 0 Å². The van der Waals surface area contributed by atoms with Gasteiger partial charge in [0.1, 0.15) is 17.5 Å². The van der Waals surface area contributed by atoms with Gasteiger partial charge in [-0.1, -0.05) is 11.6 Å². The number of benzene rings is 1. The Morgan fingerprint density at radius 3 is 2.77 bits per heavy atom. The van der Waals surface area contributed by atoms with E-state index in [0.29, 0.717) is 22.9 Å². The summed E-state index contributed by atoms with van der Waals surface area (Å²) in [7, 11) is 0.